The van der Waals surface area contributed by atoms with Crippen molar-refractivity contribution in [2.45, 2.75) is 31.7 Å². The fourth-order valence-electron chi connectivity index (χ4n) is 4.94. The summed E-state index contributed by atoms with van der Waals surface area (Å²) in [4.78, 5) is 12.7. The van der Waals surface area contributed by atoms with Crippen LogP contribution in [-0.2, 0) is 24.8 Å². The topological polar surface area (TPSA) is 90.9 Å². The molecule has 1 atom stereocenters. The van der Waals surface area contributed by atoms with Gasteiger partial charge in [-0.05, 0) is 36.0 Å². The zero-order valence-corrected chi connectivity index (χ0v) is 17.2. The van der Waals surface area contributed by atoms with E-state index in [1.54, 1.807) is 4.68 Å². The molecule has 0 aliphatic heterocycles. The van der Waals surface area contributed by atoms with E-state index in [4.69, 9.17) is 0 Å². The van der Waals surface area contributed by atoms with Crippen molar-refractivity contribution in [1.29, 1.82) is 5.26 Å². The maximum Gasteiger partial charge on any atom is 0.266 e. The van der Waals surface area contributed by atoms with E-state index in [9.17, 15) is 15.2 Å². The lowest BCUT2D eigenvalue weighted by Crippen LogP contribution is -2.25. The second-order valence-electron chi connectivity index (χ2n) is 8.06. The summed E-state index contributed by atoms with van der Waals surface area (Å²) < 4.78 is 1.76. The fraction of sp³-hybridized carbons (Fsp3) is 0.240. The normalized spacial score (nSPS) is 16.7. The first kappa shape index (κ1) is 19.1. The number of rotatable bonds is 4. The number of amides is 1. The third-order valence-corrected chi connectivity index (χ3v) is 6.27. The Bertz CT molecular complexity index is 1260. The van der Waals surface area contributed by atoms with Crippen molar-refractivity contribution in [3.8, 4) is 17.3 Å². The summed E-state index contributed by atoms with van der Waals surface area (Å²) >= 11 is 0. The Morgan fingerprint density at radius 1 is 1.23 bits per heavy atom. The van der Waals surface area contributed by atoms with Crippen LogP contribution in [-0.4, -0.2) is 20.8 Å². The Labute approximate surface area is 180 Å². The Kier molecular flexibility index (Phi) is 4.59. The van der Waals surface area contributed by atoms with Crippen molar-refractivity contribution in [2.24, 2.45) is 7.05 Å². The minimum atomic E-state index is -0.608. The highest BCUT2D eigenvalue weighted by Crippen LogP contribution is 2.52. The fourth-order valence-corrected chi connectivity index (χ4v) is 4.94. The lowest BCUT2D eigenvalue weighted by atomic mass is 9.81. The van der Waals surface area contributed by atoms with Crippen molar-refractivity contribution in [2.75, 3.05) is 0 Å². The molecule has 0 fully saturated rings. The largest absolute Gasteiger partial charge is 0.504 e. The van der Waals surface area contributed by atoms with Crippen LogP contribution in [0.3, 0.4) is 0 Å². The number of carbonyl (C=O) groups is 1. The van der Waals surface area contributed by atoms with Gasteiger partial charge >= 0.3 is 0 Å². The predicted octanol–water partition coefficient (Wildman–Crippen LogP) is 3.98. The quantitative estimate of drug-likeness (QED) is 0.387. The van der Waals surface area contributed by atoms with Crippen molar-refractivity contribution in [3.05, 3.63) is 82.1 Å². The number of nitrogens with zero attached hydrogens (tertiary/aromatic N) is 3. The molecular weight excluding hydrogens is 388 g/mol. The molecule has 1 aromatic heterocycles. The van der Waals surface area contributed by atoms with Gasteiger partial charge in [-0.25, -0.2) is 0 Å². The molecule has 0 spiro atoms. The van der Waals surface area contributed by atoms with Gasteiger partial charge in [-0.15, -0.1) is 0 Å². The monoisotopic (exact) mass is 410 g/mol. The molecule has 1 unspecified atom stereocenters. The molecule has 1 amide bonds. The number of nitriles is 1. The lowest BCUT2D eigenvalue weighted by Gasteiger charge is -2.22. The van der Waals surface area contributed by atoms with Gasteiger partial charge in [-0.1, -0.05) is 48.5 Å². The number of aromatic nitrogens is 2. The molecule has 154 valence electrons. The maximum atomic E-state index is 12.7. The van der Waals surface area contributed by atoms with Gasteiger partial charge in [0.25, 0.3) is 5.91 Å². The van der Waals surface area contributed by atoms with E-state index in [0.717, 1.165) is 41.6 Å². The minimum Gasteiger partial charge on any atom is -0.504 e. The van der Waals surface area contributed by atoms with Crippen molar-refractivity contribution >= 4 is 11.7 Å². The molecule has 2 aromatic carbocycles. The molecule has 1 heterocycles. The van der Waals surface area contributed by atoms with Crippen LogP contribution in [0, 0.1) is 11.3 Å². The number of hydrogen-bond donors (Lipinski definition) is 2. The van der Waals surface area contributed by atoms with Crippen LogP contribution in [0.2, 0.25) is 0 Å². The number of aliphatic hydroxyl groups is 1. The van der Waals surface area contributed by atoms with Crippen molar-refractivity contribution < 1.29 is 9.90 Å². The van der Waals surface area contributed by atoms with E-state index in [0.29, 0.717) is 5.69 Å². The number of carbonyl (C=O) groups excluding carboxylic acids is 1. The van der Waals surface area contributed by atoms with E-state index < -0.39 is 5.91 Å². The summed E-state index contributed by atoms with van der Waals surface area (Å²) in [5, 5.41) is 27.9. The molecule has 0 saturated carbocycles. The van der Waals surface area contributed by atoms with Gasteiger partial charge in [0.2, 0.25) is 0 Å². The van der Waals surface area contributed by atoms with Crippen LogP contribution in [0.4, 0.5) is 0 Å². The smallest absolute Gasteiger partial charge is 0.266 e. The second kappa shape index (κ2) is 7.44. The summed E-state index contributed by atoms with van der Waals surface area (Å²) in [6, 6.07) is 17.6. The summed E-state index contributed by atoms with van der Waals surface area (Å²) in [6.45, 7) is 0.274. The number of aliphatic hydroxyl groups excluding tert-OH is 1. The van der Waals surface area contributed by atoms with Crippen LogP contribution >= 0.6 is 0 Å². The maximum absolute atomic E-state index is 12.7. The summed E-state index contributed by atoms with van der Waals surface area (Å²) in [7, 11) is 1.84. The van der Waals surface area contributed by atoms with Crippen LogP contribution in [0.15, 0.2) is 54.1 Å². The van der Waals surface area contributed by atoms with Crippen LogP contribution < -0.4 is 5.32 Å². The number of fused-ring (bicyclic) bond motifs is 3. The summed E-state index contributed by atoms with van der Waals surface area (Å²) in [5.41, 5.74) is 6.59. The Balaban J connectivity index is 1.54. The molecule has 6 heteroatoms. The van der Waals surface area contributed by atoms with Gasteiger partial charge in [0, 0.05) is 30.6 Å². The van der Waals surface area contributed by atoms with Gasteiger partial charge < -0.3 is 10.4 Å². The molecule has 3 aromatic rings. The molecule has 31 heavy (non-hydrogen) atoms. The van der Waals surface area contributed by atoms with Gasteiger partial charge in [0.1, 0.15) is 11.8 Å². The lowest BCUT2D eigenvalue weighted by molar-refractivity contribution is -0.117. The van der Waals surface area contributed by atoms with Crippen molar-refractivity contribution in [1.82, 2.24) is 15.1 Å². The van der Waals surface area contributed by atoms with E-state index in [1.807, 2.05) is 43.4 Å². The zero-order valence-electron chi connectivity index (χ0n) is 17.2. The minimum absolute atomic E-state index is 0.133. The third kappa shape index (κ3) is 3.01. The first-order valence-electron chi connectivity index (χ1n) is 10.4. The molecule has 0 radical (unpaired) electrons. The zero-order chi connectivity index (χ0) is 21.5. The highest BCUT2D eigenvalue weighted by atomic mass is 16.3. The van der Waals surface area contributed by atoms with Gasteiger partial charge in [0.15, 0.2) is 11.3 Å². The van der Waals surface area contributed by atoms with Crippen LogP contribution in [0.25, 0.3) is 17.0 Å². The number of hydrogen-bond acceptors (Lipinski definition) is 4. The Morgan fingerprint density at radius 3 is 2.81 bits per heavy atom. The summed E-state index contributed by atoms with van der Waals surface area (Å²) in [6.07, 6.45) is 3.07. The van der Waals surface area contributed by atoms with E-state index >= 15 is 0 Å². The predicted molar refractivity (Wildman–Crippen MR) is 117 cm³/mol. The third-order valence-electron chi connectivity index (χ3n) is 6.27. The SMILES string of the molecule is Cn1nc(/C(O)=C(\C#N)C(=O)NCc2ccccc2)c2c1-c1cccc3c1C2CCC3. The standard InChI is InChI=1S/C25H22N4O2/c1-29-23-18-12-6-10-16-9-5-11-17(20(16)18)21(23)22(28-29)24(30)19(13-26)25(31)27-14-15-7-3-2-4-8-15/h2-4,6-8,10,12,17,30H,5,9,11,14H2,1H3,(H,27,31)/b24-19-. The van der Waals surface area contributed by atoms with Crippen LogP contribution in [0.5, 0.6) is 0 Å². The molecule has 6 nitrogen and oxygen atoms in total. The number of benzene rings is 2. The second-order valence-corrected chi connectivity index (χ2v) is 8.06. The van der Waals surface area contributed by atoms with Gasteiger partial charge in [-0.2, -0.15) is 10.4 Å². The number of nitrogens with one attached hydrogen (secondary N) is 1. The van der Waals surface area contributed by atoms with Gasteiger partial charge in [0.05, 0.1) is 5.69 Å². The Hall–Kier alpha value is -3.85. The first-order chi connectivity index (χ1) is 15.1. The van der Waals surface area contributed by atoms with E-state index in [1.165, 1.54) is 11.1 Å². The molecule has 2 N–H and O–H groups in total. The molecule has 0 bridgehead atoms. The van der Waals surface area contributed by atoms with Gasteiger partial charge in [-0.3, -0.25) is 9.48 Å². The summed E-state index contributed by atoms with van der Waals surface area (Å²) in [5.74, 6) is -0.832. The number of aryl methyl sites for hydroxylation is 2. The first-order valence-corrected chi connectivity index (χ1v) is 10.4. The average Bonchev–Trinajstić information content (AvgIpc) is 3.31. The van der Waals surface area contributed by atoms with Crippen LogP contribution in [0.1, 0.15) is 46.7 Å². The highest BCUT2D eigenvalue weighted by molar-refractivity contribution is 6.04. The average molecular weight is 410 g/mol. The van der Waals surface area contributed by atoms with E-state index in [-0.39, 0.29) is 23.8 Å². The molecule has 5 rings (SSSR count). The molecular formula is C25H22N4O2. The molecule has 2 aliphatic carbocycles. The van der Waals surface area contributed by atoms with Crippen molar-refractivity contribution in [3.63, 3.8) is 0 Å². The molecule has 0 saturated heterocycles. The Morgan fingerprint density at radius 2 is 2.03 bits per heavy atom. The molecule has 2 aliphatic rings. The van der Waals surface area contributed by atoms with E-state index in [2.05, 4.69) is 28.6 Å². The highest BCUT2D eigenvalue weighted by Gasteiger charge is 2.39.